The number of carbonyl (C=O) groups excluding carboxylic acids is 1. The summed E-state index contributed by atoms with van der Waals surface area (Å²) >= 11 is 0. The standard InChI is InChI=1S/C15H16F6N2O2/c16-14(17,18)12(15(19,20)21)25-13(24)23-8-6-22(7-9-23)10-11-4-2-1-3-5-11/h1-5,12H,6-10H2. The zero-order valence-electron chi connectivity index (χ0n) is 13.0. The molecule has 0 N–H and O–H groups in total. The third-order valence-electron chi connectivity index (χ3n) is 3.69. The molecule has 4 nitrogen and oxygen atoms in total. The maximum atomic E-state index is 12.4. The van der Waals surface area contributed by atoms with Gasteiger partial charge in [0.2, 0.25) is 0 Å². The molecule has 0 unspecified atom stereocenters. The fourth-order valence-corrected chi connectivity index (χ4v) is 2.42. The molecule has 0 spiro atoms. The highest BCUT2D eigenvalue weighted by molar-refractivity contribution is 5.68. The number of amides is 1. The number of nitrogens with zero attached hydrogens (tertiary/aromatic N) is 2. The summed E-state index contributed by atoms with van der Waals surface area (Å²) < 4.78 is 78.2. The molecule has 1 aliphatic heterocycles. The lowest BCUT2D eigenvalue weighted by Gasteiger charge is -2.35. The summed E-state index contributed by atoms with van der Waals surface area (Å²) in [5.41, 5.74) is 1.02. The number of piperazine rings is 1. The summed E-state index contributed by atoms with van der Waals surface area (Å²) in [6.07, 6.45) is -17.1. The molecule has 10 heteroatoms. The van der Waals surface area contributed by atoms with Gasteiger partial charge in [-0.1, -0.05) is 30.3 Å². The minimum atomic E-state index is -5.71. The molecule has 1 amide bonds. The Morgan fingerprint density at radius 2 is 1.48 bits per heavy atom. The number of benzene rings is 1. The minimum Gasteiger partial charge on any atom is -0.426 e. The molecule has 1 heterocycles. The maximum Gasteiger partial charge on any atom is 0.434 e. The monoisotopic (exact) mass is 370 g/mol. The molecule has 1 saturated heterocycles. The Hall–Kier alpha value is -1.97. The molecule has 0 saturated carbocycles. The molecule has 1 fully saturated rings. The van der Waals surface area contributed by atoms with Crippen molar-refractivity contribution in [3.05, 3.63) is 35.9 Å². The van der Waals surface area contributed by atoms with Gasteiger partial charge < -0.3 is 9.64 Å². The van der Waals surface area contributed by atoms with Crippen LogP contribution in [0.5, 0.6) is 0 Å². The van der Waals surface area contributed by atoms with Gasteiger partial charge >= 0.3 is 18.4 Å². The highest BCUT2D eigenvalue weighted by Gasteiger charge is 2.60. The Labute approximate surface area is 139 Å². The van der Waals surface area contributed by atoms with Crippen molar-refractivity contribution >= 4 is 6.09 Å². The van der Waals surface area contributed by atoms with E-state index >= 15 is 0 Å². The van der Waals surface area contributed by atoms with Crippen molar-refractivity contribution in [2.24, 2.45) is 0 Å². The lowest BCUT2D eigenvalue weighted by molar-refractivity contribution is -0.308. The number of ether oxygens (including phenoxy) is 1. The SMILES string of the molecule is O=C(OC(C(F)(F)F)C(F)(F)F)N1CCN(Cc2ccccc2)CC1. The second-order valence-corrected chi connectivity index (χ2v) is 5.60. The van der Waals surface area contributed by atoms with Crippen LogP contribution in [-0.2, 0) is 11.3 Å². The number of carbonyl (C=O) groups is 1. The fraction of sp³-hybridized carbons (Fsp3) is 0.533. The third-order valence-corrected chi connectivity index (χ3v) is 3.69. The van der Waals surface area contributed by atoms with E-state index in [9.17, 15) is 31.1 Å². The molecule has 0 aromatic heterocycles. The predicted molar refractivity (Wildman–Crippen MR) is 75.7 cm³/mol. The zero-order valence-corrected chi connectivity index (χ0v) is 13.0. The zero-order chi connectivity index (χ0) is 18.7. The Morgan fingerprint density at radius 3 is 1.96 bits per heavy atom. The van der Waals surface area contributed by atoms with E-state index in [1.807, 2.05) is 35.2 Å². The summed E-state index contributed by atoms with van der Waals surface area (Å²) in [5.74, 6) is 0. The van der Waals surface area contributed by atoms with Gasteiger partial charge in [-0.15, -0.1) is 0 Å². The van der Waals surface area contributed by atoms with Crippen molar-refractivity contribution in [3.63, 3.8) is 0 Å². The van der Waals surface area contributed by atoms with Gasteiger partial charge in [-0.05, 0) is 5.56 Å². The molecule has 0 bridgehead atoms. The quantitative estimate of drug-likeness (QED) is 0.765. The summed E-state index contributed by atoms with van der Waals surface area (Å²) in [6, 6.07) is 9.37. The van der Waals surface area contributed by atoms with Crippen molar-refractivity contribution in [3.8, 4) is 0 Å². The lowest BCUT2D eigenvalue weighted by atomic mass is 10.2. The molecule has 1 aromatic rings. The van der Waals surface area contributed by atoms with Crippen molar-refractivity contribution in [2.45, 2.75) is 25.0 Å². The average molecular weight is 370 g/mol. The topological polar surface area (TPSA) is 32.8 Å². The van der Waals surface area contributed by atoms with Gasteiger partial charge in [-0.3, -0.25) is 4.90 Å². The van der Waals surface area contributed by atoms with Crippen LogP contribution in [0.25, 0.3) is 0 Å². The second-order valence-electron chi connectivity index (χ2n) is 5.60. The van der Waals surface area contributed by atoms with Crippen LogP contribution in [0.15, 0.2) is 30.3 Å². The Bertz CT molecular complexity index is 554. The van der Waals surface area contributed by atoms with E-state index in [1.54, 1.807) is 0 Å². The van der Waals surface area contributed by atoms with Gasteiger partial charge in [0.25, 0.3) is 6.10 Å². The van der Waals surface area contributed by atoms with E-state index in [0.717, 1.165) is 10.5 Å². The van der Waals surface area contributed by atoms with Gasteiger partial charge in [0, 0.05) is 32.7 Å². The van der Waals surface area contributed by atoms with Crippen LogP contribution in [-0.4, -0.2) is 60.5 Å². The first-order valence-corrected chi connectivity index (χ1v) is 7.42. The van der Waals surface area contributed by atoms with E-state index in [-0.39, 0.29) is 13.1 Å². The molecule has 1 aliphatic rings. The van der Waals surface area contributed by atoms with Gasteiger partial charge in [0.1, 0.15) is 0 Å². The number of halogens is 6. The summed E-state index contributed by atoms with van der Waals surface area (Å²) in [7, 11) is 0. The van der Waals surface area contributed by atoms with Crippen LogP contribution in [0.2, 0.25) is 0 Å². The Morgan fingerprint density at radius 1 is 0.960 bits per heavy atom. The van der Waals surface area contributed by atoms with E-state index in [0.29, 0.717) is 19.6 Å². The van der Waals surface area contributed by atoms with Crippen molar-refractivity contribution in [1.29, 1.82) is 0 Å². The second kappa shape index (κ2) is 7.51. The highest BCUT2D eigenvalue weighted by atomic mass is 19.4. The minimum absolute atomic E-state index is 0.00585. The fourth-order valence-electron chi connectivity index (χ4n) is 2.42. The average Bonchev–Trinajstić information content (AvgIpc) is 2.52. The number of hydrogen-bond donors (Lipinski definition) is 0. The first-order valence-electron chi connectivity index (χ1n) is 7.42. The molecule has 0 aliphatic carbocycles. The van der Waals surface area contributed by atoms with Gasteiger partial charge in [-0.25, -0.2) is 4.79 Å². The van der Waals surface area contributed by atoms with Crippen LogP contribution in [0.3, 0.4) is 0 Å². The molecule has 140 valence electrons. The summed E-state index contributed by atoms with van der Waals surface area (Å²) in [5, 5.41) is 0. The van der Waals surface area contributed by atoms with E-state index in [1.165, 1.54) is 0 Å². The molecule has 25 heavy (non-hydrogen) atoms. The van der Waals surface area contributed by atoms with E-state index < -0.39 is 24.5 Å². The largest absolute Gasteiger partial charge is 0.434 e. The van der Waals surface area contributed by atoms with E-state index in [4.69, 9.17) is 0 Å². The van der Waals surface area contributed by atoms with Crippen molar-refractivity contribution in [1.82, 2.24) is 9.80 Å². The highest BCUT2D eigenvalue weighted by Crippen LogP contribution is 2.36. The van der Waals surface area contributed by atoms with Gasteiger partial charge in [0.05, 0.1) is 0 Å². The maximum absolute atomic E-state index is 12.4. The van der Waals surface area contributed by atoms with Crippen molar-refractivity contribution in [2.75, 3.05) is 26.2 Å². The van der Waals surface area contributed by atoms with Gasteiger partial charge in [-0.2, -0.15) is 26.3 Å². The van der Waals surface area contributed by atoms with Crippen LogP contribution < -0.4 is 0 Å². The van der Waals surface area contributed by atoms with Crippen LogP contribution in [0.4, 0.5) is 31.1 Å². The molecule has 0 radical (unpaired) electrons. The van der Waals surface area contributed by atoms with Crippen LogP contribution in [0.1, 0.15) is 5.56 Å². The molecule has 1 aromatic carbocycles. The predicted octanol–water partition coefficient (Wildman–Crippen LogP) is 3.43. The number of alkyl halides is 6. The molecular formula is C15H16F6N2O2. The summed E-state index contributed by atoms with van der Waals surface area (Å²) in [4.78, 5) is 14.5. The summed E-state index contributed by atoms with van der Waals surface area (Å²) in [6.45, 7) is 1.22. The van der Waals surface area contributed by atoms with Gasteiger partial charge in [0.15, 0.2) is 0 Å². The van der Waals surface area contributed by atoms with Crippen LogP contribution >= 0.6 is 0 Å². The number of hydrogen-bond acceptors (Lipinski definition) is 3. The smallest absolute Gasteiger partial charge is 0.426 e. The molecule has 2 rings (SSSR count). The Balaban J connectivity index is 1.88. The van der Waals surface area contributed by atoms with Crippen molar-refractivity contribution < 1.29 is 35.9 Å². The Kier molecular flexibility index (Phi) is 5.81. The van der Waals surface area contributed by atoms with Crippen LogP contribution in [0, 0.1) is 0 Å². The first-order chi connectivity index (χ1) is 11.6. The normalized spacial score (nSPS) is 17.0. The molecular weight excluding hydrogens is 354 g/mol. The number of rotatable bonds is 3. The lowest BCUT2D eigenvalue weighted by Crippen LogP contribution is -2.52. The third kappa shape index (κ3) is 5.52. The van der Waals surface area contributed by atoms with E-state index in [2.05, 4.69) is 4.74 Å². The molecule has 0 atom stereocenters. The first kappa shape index (κ1) is 19.4.